The second kappa shape index (κ2) is 8.39. The molecule has 7 heteroatoms. The van der Waals surface area contributed by atoms with Crippen molar-refractivity contribution < 1.29 is 18.4 Å². The number of nitrogens with one attached hydrogen (secondary N) is 1. The van der Waals surface area contributed by atoms with Crippen molar-refractivity contribution in [1.82, 2.24) is 10.3 Å². The fourth-order valence-electron chi connectivity index (χ4n) is 3.06. The van der Waals surface area contributed by atoms with Gasteiger partial charge in [-0.25, -0.2) is 8.78 Å². The second-order valence-corrected chi connectivity index (χ2v) is 6.20. The maximum atomic E-state index is 13.5. The number of carbonyl (C=O) groups is 2. The molecule has 0 fully saturated rings. The Balaban J connectivity index is 2.03. The zero-order chi connectivity index (χ0) is 20.1. The SMILES string of the molecule is NC(=O)c1cccc(-c2cccnc2C(Cc2cc(F)cc(F)c2)NC=O)c1. The molecule has 2 aromatic carbocycles. The van der Waals surface area contributed by atoms with Gasteiger partial charge in [-0.3, -0.25) is 14.6 Å². The van der Waals surface area contributed by atoms with Gasteiger partial charge in [0, 0.05) is 23.4 Å². The van der Waals surface area contributed by atoms with Crippen molar-refractivity contribution >= 4 is 12.3 Å². The van der Waals surface area contributed by atoms with Crippen LogP contribution in [0.25, 0.3) is 11.1 Å². The summed E-state index contributed by atoms with van der Waals surface area (Å²) >= 11 is 0. The van der Waals surface area contributed by atoms with Gasteiger partial charge in [0.25, 0.3) is 0 Å². The molecule has 1 atom stereocenters. The number of nitrogens with zero attached hydrogens (tertiary/aromatic N) is 1. The van der Waals surface area contributed by atoms with Gasteiger partial charge in [-0.1, -0.05) is 18.2 Å². The van der Waals surface area contributed by atoms with Gasteiger partial charge in [0.1, 0.15) is 11.6 Å². The molecule has 0 spiro atoms. The van der Waals surface area contributed by atoms with Gasteiger partial charge < -0.3 is 11.1 Å². The van der Waals surface area contributed by atoms with Gasteiger partial charge in [0.05, 0.1) is 11.7 Å². The Labute approximate surface area is 160 Å². The largest absolute Gasteiger partial charge is 0.366 e. The van der Waals surface area contributed by atoms with Crippen LogP contribution in [0.3, 0.4) is 0 Å². The Hall–Kier alpha value is -3.61. The standard InChI is InChI=1S/C21H17F2N3O2/c22-16-7-13(8-17(23)11-16)9-19(26-12-27)20-18(5-2-6-25-20)14-3-1-4-15(10-14)21(24)28/h1-8,10-12,19H,9H2,(H2,24,28)(H,26,27). The zero-order valence-corrected chi connectivity index (χ0v) is 14.7. The summed E-state index contributed by atoms with van der Waals surface area (Å²) in [6.45, 7) is 0. The van der Waals surface area contributed by atoms with Gasteiger partial charge in [0.15, 0.2) is 0 Å². The summed E-state index contributed by atoms with van der Waals surface area (Å²) in [7, 11) is 0. The summed E-state index contributed by atoms with van der Waals surface area (Å²) < 4.78 is 27.1. The molecule has 28 heavy (non-hydrogen) atoms. The van der Waals surface area contributed by atoms with Crippen molar-refractivity contribution in [3.05, 3.63) is 89.2 Å². The van der Waals surface area contributed by atoms with Crippen molar-refractivity contribution in [2.45, 2.75) is 12.5 Å². The molecular formula is C21H17F2N3O2. The van der Waals surface area contributed by atoms with Gasteiger partial charge in [-0.2, -0.15) is 0 Å². The molecule has 0 aliphatic heterocycles. The molecule has 0 radical (unpaired) electrons. The highest BCUT2D eigenvalue weighted by atomic mass is 19.1. The number of carbonyl (C=O) groups excluding carboxylic acids is 2. The molecule has 1 heterocycles. The minimum absolute atomic E-state index is 0.132. The van der Waals surface area contributed by atoms with Crippen LogP contribution in [-0.2, 0) is 11.2 Å². The van der Waals surface area contributed by atoms with Crippen LogP contribution in [0.15, 0.2) is 60.8 Å². The molecule has 5 nitrogen and oxygen atoms in total. The van der Waals surface area contributed by atoms with Crippen molar-refractivity contribution in [2.24, 2.45) is 5.73 Å². The Morgan fingerprint density at radius 3 is 2.54 bits per heavy atom. The van der Waals surface area contributed by atoms with E-state index < -0.39 is 23.6 Å². The van der Waals surface area contributed by atoms with E-state index in [4.69, 9.17) is 5.73 Å². The third kappa shape index (κ3) is 4.37. The van der Waals surface area contributed by atoms with E-state index >= 15 is 0 Å². The number of hydrogen-bond donors (Lipinski definition) is 2. The summed E-state index contributed by atoms with van der Waals surface area (Å²) in [4.78, 5) is 27.0. The molecule has 0 bridgehead atoms. The normalized spacial score (nSPS) is 11.6. The van der Waals surface area contributed by atoms with E-state index in [1.165, 1.54) is 12.1 Å². The topological polar surface area (TPSA) is 85.1 Å². The summed E-state index contributed by atoms with van der Waals surface area (Å²) in [6.07, 6.45) is 2.20. The molecule has 0 saturated heterocycles. The van der Waals surface area contributed by atoms with E-state index in [1.807, 2.05) is 0 Å². The number of hydrogen-bond acceptors (Lipinski definition) is 3. The third-order valence-electron chi connectivity index (χ3n) is 4.26. The first kappa shape index (κ1) is 19.2. The lowest BCUT2D eigenvalue weighted by molar-refractivity contribution is -0.110. The average molecular weight is 381 g/mol. The smallest absolute Gasteiger partial charge is 0.248 e. The van der Waals surface area contributed by atoms with Crippen LogP contribution >= 0.6 is 0 Å². The van der Waals surface area contributed by atoms with E-state index in [0.29, 0.717) is 34.4 Å². The number of amides is 2. The van der Waals surface area contributed by atoms with E-state index in [2.05, 4.69) is 10.3 Å². The number of halogens is 2. The molecule has 2 amide bonds. The van der Waals surface area contributed by atoms with Crippen molar-refractivity contribution in [2.75, 3.05) is 0 Å². The molecule has 142 valence electrons. The van der Waals surface area contributed by atoms with Crippen molar-refractivity contribution in [3.8, 4) is 11.1 Å². The van der Waals surface area contributed by atoms with Gasteiger partial charge in [0.2, 0.25) is 12.3 Å². The van der Waals surface area contributed by atoms with Gasteiger partial charge >= 0.3 is 0 Å². The van der Waals surface area contributed by atoms with Crippen LogP contribution in [-0.4, -0.2) is 17.3 Å². The summed E-state index contributed by atoms with van der Waals surface area (Å²) in [5.74, 6) is -1.96. The average Bonchev–Trinajstić information content (AvgIpc) is 2.67. The predicted octanol–water partition coefficient (Wildman–Crippen LogP) is 3.16. The second-order valence-electron chi connectivity index (χ2n) is 6.20. The Morgan fingerprint density at radius 1 is 1.11 bits per heavy atom. The molecule has 3 rings (SSSR count). The Kier molecular flexibility index (Phi) is 5.74. The maximum absolute atomic E-state index is 13.5. The van der Waals surface area contributed by atoms with E-state index in [1.54, 1.807) is 42.6 Å². The van der Waals surface area contributed by atoms with Gasteiger partial charge in [-0.05, 0) is 47.9 Å². The molecule has 0 aliphatic carbocycles. The summed E-state index contributed by atoms with van der Waals surface area (Å²) in [5, 5.41) is 2.65. The molecule has 0 saturated carbocycles. The first-order chi connectivity index (χ1) is 13.5. The van der Waals surface area contributed by atoms with E-state index in [9.17, 15) is 18.4 Å². The zero-order valence-electron chi connectivity index (χ0n) is 14.7. The third-order valence-corrected chi connectivity index (χ3v) is 4.26. The van der Waals surface area contributed by atoms with Crippen LogP contribution in [0.2, 0.25) is 0 Å². The number of nitrogens with two attached hydrogens (primary N) is 1. The van der Waals surface area contributed by atoms with Crippen molar-refractivity contribution in [1.29, 1.82) is 0 Å². The molecule has 1 unspecified atom stereocenters. The molecule has 3 aromatic rings. The lowest BCUT2D eigenvalue weighted by Gasteiger charge is -2.19. The highest BCUT2D eigenvalue weighted by Gasteiger charge is 2.19. The fourth-order valence-corrected chi connectivity index (χ4v) is 3.06. The Morgan fingerprint density at radius 2 is 1.86 bits per heavy atom. The van der Waals surface area contributed by atoms with Crippen LogP contribution in [0.1, 0.15) is 27.7 Å². The summed E-state index contributed by atoms with van der Waals surface area (Å²) in [6, 6.07) is 12.8. The van der Waals surface area contributed by atoms with E-state index in [-0.39, 0.29) is 6.42 Å². The van der Waals surface area contributed by atoms with Gasteiger partial charge in [-0.15, -0.1) is 0 Å². The van der Waals surface area contributed by atoms with E-state index in [0.717, 1.165) is 6.07 Å². The number of benzene rings is 2. The van der Waals surface area contributed by atoms with Crippen LogP contribution in [0.4, 0.5) is 8.78 Å². The first-order valence-electron chi connectivity index (χ1n) is 8.47. The minimum atomic E-state index is -0.699. The lowest BCUT2D eigenvalue weighted by atomic mass is 9.94. The van der Waals surface area contributed by atoms with Crippen LogP contribution in [0, 0.1) is 11.6 Å². The summed E-state index contributed by atoms with van der Waals surface area (Å²) in [5.41, 5.74) is 7.91. The first-order valence-corrected chi connectivity index (χ1v) is 8.47. The number of aromatic nitrogens is 1. The number of pyridine rings is 1. The quantitative estimate of drug-likeness (QED) is 0.617. The van der Waals surface area contributed by atoms with Crippen LogP contribution < -0.4 is 11.1 Å². The monoisotopic (exact) mass is 381 g/mol. The predicted molar refractivity (Wildman–Crippen MR) is 100 cm³/mol. The molecule has 0 aliphatic rings. The highest BCUT2D eigenvalue weighted by molar-refractivity contribution is 5.94. The molecule has 3 N–H and O–H groups in total. The Bertz CT molecular complexity index is 1000. The number of rotatable bonds is 7. The highest BCUT2D eigenvalue weighted by Crippen LogP contribution is 2.29. The molecular weight excluding hydrogens is 364 g/mol. The fraction of sp³-hybridized carbons (Fsp3) is 0.0952. The maximum Gasteiger partial charge on any atom is 0.248 e. The minimum Gasteiger partial charge on any atom is -0.366 e. The lowest BCUT2D eigenvalue weighted by Crippen LogP contribution is -2.23. The van der Waals surface area contributed by atoms with Crippen LogP contribution in [0.5, 0.6) is 0 Å². The number of primary amides is 1. The van der Waals surface area contributed by atoms with Crippen molar-refractivity contribution in [3.63, 3.8) is 0 Å². The molecule has 1 aromatic heterocycles.